The van der Waals surface area contributed by atoms with Crippen molar-refractivity contribution in [2.45, 2.75) is 47.5 Å². The first-order chi connectivity index (χ1) is 9.31. The maximum atomic E-state index is 12.1. The van der Waals surface area contributed by atoms with E-state index in [0.29, 0.717) is 31.3 Å². The second kappa shape index (κ2) is 9.61. The maximum Gasteiger partial charge on any atom is 0.317 e. The van der Waals surface area contributed by atoms with Gasteiger partial charge in [-0.1, -0.05) is 34.1 Å². The third-order valence-electron chi connectivity index (χ3n) is 3.50. The number of carboxylic acids is 1. The first-order valence-electron chi connectivity index (χ1n) is 7.57. The number of carbonyl (C=O) groups excluding carboxylic acids is 1. The van der Waals surface area contributed by atoms with Gasteiger partial charge in [-0.2, -0.15) is 0 Å². The normalized spacial score (nSPS) is 13.9. The van der Waals surface area contributed by atoms with Crippen molar-refractivity contribution >= 4 is 12.0 Å². The molecule has 118 valence electrons. The quantitative estimate of drug-likeness (QED) is 0.684. The minimum Gasteiger partial charge on any atom is -0.481 e. The Kier molecular flexibility index (Phi) is 9.01. The van der Waals surface area contributed by atoms with Crippen LogP contribution in [0.3, 0.4) is 0 Å². The molecule has 2 atom stereocenters. The predicted molar refractivity (Wildman–Crippen MR) is 80.7 cm³/mol. The van der Waals surface area contributed by atoms with Crippen molar-refractivity contribution in [1.82, 2.24) is 10.2 Å². The summed E-state index contributed by atoms with van der Waals surface area (Å²) in [6.45, 7) is 11.7. The molecule has 0 aliphatic rings. The molecule has 0 aromatic carbocycles. The molecular formula is C15H30N2O3. The fourth-order valence-corrected chi connectivity index (χ4v) is 2.02. The smallest absolute Gasteiger partial charge is 0.317 e. The van der Waals surface area contributed by atoms with Gasteiger partial charge in [0.25, 0.3) is 0 Å². The summed E-state index contributed by atoms with van der Waals surface area (Å²) in [5.74, 6) is -0.604. The minimum absolute atomic E-state index is 0.164. The summed E-state index contributed by atoms with van der Waals surface area (Å²) in [5.41, 5.74) is 0. The van der Waals surface area contributed by atoms with Crippen LogP contribution < -0.4 is 5.32 Å². The molecule has 0 spiro atoms. The number of nitrogens with zero attached hydrogens (tertiary/aromatic N) is 1. The lowest BCUT2D eigenvalue weighted by Crippen LogP contribution is -2.44. The number of carbonyl (C=O) groups is 2. The lowest BCUT2D eigenvalue weighted by atomic mass is 9.97. The molecule has 0 saturated heterocycles. The molecule has 5 nitrogen and oxygen atoms in total. The van der Waals surface area contributed by atoms with Gasteiger partial charge in [0, 0.05) is 19.6 Å². The van der Waals surface area contributed by atoms with Crippen molar-refractivity contribution in [3.05, 3.63) is 0 Å². The number of nitrogens with one attached hydrogen (secondary N) is 1. The highest BCUT2D eigenvalue weighted by Gasteiger charge is 2.21. The summed E-state index contributed by atoms with van der Waals surface area (Å²) >= 11 is 0. The van der Waals surface area contributed by atoms with E-state index in [2.05, 4.69) is 19.2 Å². The predicted octanol–water partition coefficient (Wildman–Crippen LogP) is 2.81. The molecule has 5 heteroatoms. The van der Waals surface area contributed by atoms with Crippen LogP contribution in [-0.4, -0.2) is 41.6 Å². The Balaban J connectivity index is 4.37. The summed E-state index contributed by atoms with van der Waals surface area (Å²) in [6.07, 6.45) is 1.60. The summed E-state index contributed by atoms with van der Waals surface area (Å²) in [6, 6.07) is -0.164. The van der Waals surface area contributed by atoms with Crippen LogP contribution in [0.15, 0.2) is 0 Å². The van der Waals surface area contributed by atoms with Gasteiger partial charge in [-0.3, -0.25) is 4.79 Å². The van der Waals surface area contributed by atoms with Gasteiger partial charge in [0.1, 0.15) is 0 Å². The third kappa shape index (κ3) is 7.36. The van der Waals surface area contributed by atoms with Crippen molar-refractivity contribution in [3.8, 4) is 0 Å². The molecular weight excluding hydrogens is 256 g/mol. The van der Waals surface area contributed by atoms with Crippen LogP contribution in [0.2, 0.25) is 0 Å². The highest BCUT2D eigenvalue weighted by Crippen LogP contribution is 2.11. The number of rotatable bonds is 9. The highest BCUT2D eigenvalue weighted by molar-refractivity contribution is 5.76. The Morgan fingerprint density at radius 3 is 2.20 bits per heavy atom. The first-order valence-corrected chi connectivity index (χ1v) is 7.57. The summed E-state index contributed by atoms with van der Waals surface area (Å²) in [5, 5.41) is 11.9. The molecule has 20 heavy (non-hydrogen) atoms. The Morgan fingerprint density at radius 2 is 1.80 bits per heavy atom. The molecule has 0 radical (unpaired) electrons. The number of hydrogen-bond donors (Lipinski definition) is 2. The number of carboxylic acid groups (broad SMARTS) is 1. The Morgan fingerprint density at radius 1 is 1.20 bits per heavy atom. The number of aliphatic carboxylic acids is 1. The molecule has 0 saturated carbocycles. The third-order valence-corrected chi connectivity index (χ3v) is 3.50. The van der Waals surface area contributed by atoms with E-state index < -0.39 is 11.9 Å². The Hall–Kier alpha value is -1.26. The molecule has 0 rings (SSSR count). The minimum atomic E-state index is -0.844. The van der Waals surface area contributed by atoms with Crippen molar-refractivity contribution in [2.24, 2.45) is 17.8 Å². The van der Waals surface area contributed by atoms with E-state index in [9.17, 15) is 9.59 Å². The molecule has 0 aromatic heterocycles. The van der Waals surface area contributed by atoms with Crippen LogP contribution in [-0.2, 0) is 4.79 Å². The van der Waals surface area contributed by atoms with Gasteiger partial charge in [-0.25, -0.2) is 4.79 Å². The van der Waals surface area contributed by atoms with E-state index in [0.717, 1.165) is 6.42 Å². The van der Waals surface area contributed by atoms with Gasteiger partial charge in [0.15, 0.2) is 0 Å². The number of hydrogen-bond acceptors (Lipinski definition) is 2. The molecule has 0 heterocycles. The molecule has 0 aliphatic carbocycles. The van der Waals surface area contributed by atoms with Gasteiger partial charge >= 0.3 is 12.0 Å². The molecule has 2 amide bonds. The maximum absolute atomic E-state index is 12.1. The largest absolute Gasteiger partial charge is 0.481 e. The van der Waals surface area contributed by atoms with Gasteiger partial charge in [-0.05, 0) is 25.2 Å². The fourth-order valence-electron chi connectivity index (χ4n) is 2.02. The van der Waals surface area contributed by atoms with E-state index in [-0.39, 0.29) is 12.6 Å². The van der Waals surface area contributed by atoms with E-state index >= 15 is 0 Å². The van der Waals surface area contributed by atoms with Crippen molar-refractivity contribution < 1.29 is 14.7 Å². The average molecular weight is 286 g/mol. The topological polar surface area (TPSA) is 69.6 Å². The van der Waals surface area contributed by atoms with Gasteiger partial charge in [0.2, 0.25) is 0 Å². The van der Waals surface area contributed by atoms with Gasteiger partial charge in [0.05, 0.1) is 5.92 Å². The van der Waals surface area contributed by atoms with Crippen molar-refractivity contribution in [1.29, 1.82) is 0 Å². The van der Waals surface area contributed by atoms with Crippen LogP contribution in [0.5, 0.6) is 0 Å². The van der Waals surface area contributed by atoms with E-state index in [4.69, 9.17) is 5.11 Å². The lowest BCUT2D eigenvalue weighted by molar-refractivity contribution is -0.142. The van der Waals surface area contributed by atoms with Gasteiger partial charge < -0.3 is 15.3 Å². The van der Waals surface area contributed by atoms with Gasteiger partial charge in [-0.15, -0.1) is 0 Å². The monoisotopic (exact) mass is 286 g/mol. The Bertz CT molecular complexity index is 305. The Labute approximate surface area is 122 Å². The zero-order chi connectivity index (χ0) is 15.7. The SMILES string of the molecule is CCC(C)CN(CC)C(=O)NCC(CC(C)C)C(=O)O. The van der Waals surface area contributed by atoms with Crippen LogP contribution in [0.4, 0.5) is 4.79 Å². The van der Waals surface area contributed by atoms with E-state index in [1.54, 1.807) is 4.90 Å². The van der Waals surface area contributed by atoms with Crippen molar-refractivity contribution in [3.63, 3.8) is 0 Å². The van der Waals surface area contributed by atoms with E-state index in [1.165, 1.54) is 0 Å². The number of amides is 2. The van der Waals surface area contributed by atoms with Crippen LogP contribution in [0.1, 0.15) is 47.5 Å². The van der Waals surface area contributed by atoms with E-state index in [1.807, 2.05) is 20.8 Å². The molecule has 2 unspecified atom stereocenters. The molecule has 0 aromatic rings. The molecule has 2 N–H and O–H groups in total. The summed E-state index contributed by atoms with van der Waals surface area (Å²) in [7, 11) is 0. The highest BCUT2D eigenvalue weighted by atomic mass is 16.4. The molecule has 0 aliphatic heterocycles. The lowest BCUT2D eigenvalue weighted by Gasteiger charge is -2.25. The average Bonchev–Trinajstić information content (AvgIpc) is 2.39. The van der Waals surface area contributed by atoms with Crippen LogP contribution in [0.25, 0.3) is 0 Å². The first kappa shape index (κ1) is 18.7. The zero-order valence-electron chi connectivity index (χ0n) is 13.5. The van der Waals surface area contributed by atoms with Crippen LogP contribution in [0, 0.1) is 17.8 Å². The van der Waals surface area contributed by atoms with Crippen LogP contribution >= 0.6 is 0 Å². The van der Waals surface area contributed by atoms with Crippen molar-refractivity contribution in [2.75, 3.05) is 19.6 Å². The molecule has 0 bridgehead atoms. The molecule has 0 fully saturated rings. The standard InChI is InChI=1S/C15H30N2O3/c1-6-12(5)10-17(7-2)15(20)16-9-13(14(18)19)8-11(3)4/h11-13H,6-10H2,1-5H3,(H,16,20)(H,18,19). The second-order valence-corrected chi connectivity index (χ2v) is 5.90. The second-order valence-electron chi connectivity index (χ2n) is 5.90. The number of urea groups is 1. The zero-order valence-corrected chi connectivity index (χ0v) is 13.5. The summed E-state index contributed by atoms with van der Waals surface area (Å²) in [4.78, 5) is 24.9. The fraction of sp³-hybridized carbons (Fsp3) is 0.867. The summed E-state index contributed by atoms with van der Waals surface area (Å²) < 4.78 is 0.